The monoisotopic (exact) mass is 445 g/mol. The molecule has 30 heavy (non-hydrogen) atoms. The first-order valence-electron chi connectivity index (χ1n) is 9.24. The molecule has 0 atom stereocenters. The summed E-state index contributed by atoms with van der Waals surface area (Å²) in [6, 6.07) is 9.23. The number of sulfonamides is 1. The summed E-state index contributed by atoms with van der Waals surface area (Å²) < 4.78 is 66.9. The normalized spacial score (nSPS) is 17.1. The molecule has 0 aliphatic carbocycles. The lowest BCUT2D eigenvalue weighted by Gasteiger charge is -2.32. The fourth-order valence-corrected chi connectivity index (χ4v) is 4.03. The first kappa shape index (κ1) is 22.1. The van der Waals surface area contributed by atoms with E-state index in [9.17, 15) is 21.6 Å². The van der Waals surface area contributed by atoms with Gasteiger partial charge in [-0.25, -0.2) is 13.4 Å². The van der Waals surface area contributed by atoms with Crippen molar-refractivity contribution in [2.45, 2.75) is 30.9 Å². The maximum absolute atomic E-state index is 12.7. The average molecular weight is 445 g/mol. The van der Waals surface area contributed by atoms with Crippen molar-refractivity contribution in [3.63, 3.8) is 0 Å². The van der Waals surface area contributed by atoms with Gasteiger partial charge in [0.05, 0.1) is 12.2 Å². The van der Waals surface area contributed by atoms with E-state index in [1.165, 1.54) is 6.26 Å². The molecular weight excluding hydrogens is 423 g/mol. The fraction of sp³-hybridized carbons (Fsp3) is 0.444. The number of hydrogen-bond donors (Lipinski definition) is 2. The summed E-state index contributed by atoms with van der Waals surface area (Å²) in [6.07, 6.45) is 2.00. The van der Waals surface area contributed by atoms with Crippen LogP contribution in [0.4, 0.5) is 13.2 Å². The van der Waals surface area contributed by atoms with Crippen molar-refractivity contribution in [2.75, 3.05) is 20.1 Å². The van der Waals surface area contributed by atoms with Crippen LogP contribution in [-0.2, 0) is 16.6 Å². The second-order valence-corrected chi connectivity index (χ2v) is 8.63. The highest BCUT2D eigenvalue weighted by molar-refractivity contribution is 7.90. The van der Waals surface area contributed by atoms with Gasteiger partial charge >= 0.3 is 15.5 Å². The molecule has 0 amide bonds. The summed E-state index contributed by atoms with van der Waals surface area (Å²) in [7, 11) is -3.72. The Morgan fingerprint density at radius 2 is 1.93 bits per heavy atom. The molecule has 3 rings (SSSR count). The summed E-state index contributed by atoms with van der Waals surface area (Å²) in [5, 5.41) is 6.17. The number of aliphatic imine (C=N–C) groups is 1. The Morgan fingerprint density at radius 3 is 2.53 bits per heavy atom. The first-order chi connectivity index (χ1) is 14.2. The number of guanidine groups is 1. The van der Waals surface area contributed by atoms with Crippen molar-refractivity contribution in [1.82, 2.24) is 19.9 Å². The molecule has 0 spiro atoms. The molecule has 0 saturated carbocycles. The van der Waals surface area contributed by atoms with E-state index in [2.05, 4.69) is 20.6 Å². The lowest BCUT2D eigenvalue weighted by Crippen LogP contribution is -2.51. The zero-order valence-corrected chi connectivity index (χ0v) is 17.0. The molecule has 1 aliphatic rings. The van der Waals surface area contributed by atoms with E-state index in [1.807, 2.05) is 30.3 Å². The molecule has 0 bridgehead atoms. The summed E-state index contributed by atoms with van der Waals surface area (Å²) in [5.74, 6) is 0.935. The van der Waals surface area contributed by atoms with Crippen LogP contribution in [0.3, 0.4) is 0 Å². The molecule has 2 heterocycles. The third kappa shape index (κ3) is 5.11. The number of oxazole rings is 1. The molecule has 1 aromatic carbocycles. The van der Waals surface area contributed by atoms with Gasteiger partial charge < -0.3 is 15.1 Å². The minimum Gasteiger partial charge on any atom is -0.444 e. The van der Waals surface area contributed by atoms with Crippen LogP contribution in [0.1, 0.15) is 18.5 Å². The number of benzene rings is 1. The predicted octanol–water partition coefficient (Wildman–Crippen LogP) is 2.32. The van der Waals surface area contributed by atoms with Gasteiger partial charge in [-0.1, -0.05) is 18.2 Å². The number of nitrogens with one attached hydrogen (secondary N) is 2. The van der Waals surface area contributed by atoms with E-state index in [0.717, 1.165) is 5.56 Å². The summed E-state index contributed by atoms with van der Waals surface area (Å²) in [6.45, 7) is -0.0856. The molecule has 0 unspecified atom stereocenters. The number of hydrogen-bond acceptors (Lipinski definition) is 5. The van der Waals surface area contributed by atoms with Gasteiger partial charge in [-0.3, -0.25) is 4.99 Å². The van der Waals surface area contributed by atoms with Crippen LogP contribution >= 0.6 is 0 Å². The molecular formula is C18H22F3N5O3S. The van der Waals surface area contributed by atoms with Crippen molar-refractivity contribution >= 4 is 16.0 Å². The van der Waals surface area contributed by atoms with Crippen LogP contribution < -0.4 is 10.6 Å². The molecule has 1 aromatic heterocycles. The van der Waals surface area contributed by atoms with Crippen LogP contribution in [0.5, 0.6) is 0 Å². The quantitative estimate of drug-likeness (QED) is 0.541. The van der Waals surface area contributed by atoms with Crippen molar-refractivity contribution in [3.8, 4) is 11.5 Å². The Hall–Kier alpha value is -2.60. The largest absolute Gasteiger partial charge is 0.511 e. The third-order valence-corrected chi connectivity index (χ3v) is 6.29. The van der Waals surface area contributed by atoms with Crippen LogP contribution in [0, 0.1) is 0 Å². The Balaban J connectivity index is 1.50. The van der Waals surface area contributed by atoms with Gasteiger partial charge in [0, 0.05) is 31.7 Å². The smallest absolute Gasteiger partial charge is 0.444 e. The van der Waals surface area contributed by atoms with Gasteiger partial charge in [-0.15, -0.1) is 0 Å². The number of piperidine rings is 1. The average Bonchev–Trinajstić information content (AvgIpc) is 3.20. The number of rotatable bonds is 5. The number of aromatic nitrogens is 1. The summed E-state index contributed by atoms with van der Waals surface area (Å²) in [4.78, 5) is 8.50. The van der Waals surface area contributed by atoms with E-state index in [0.29, 0.717) is 28.4 Å². The second kappa shape index (κ2) is 9.04. The van der Waals surface area contributed by atoms with Gasteiger partial charge in [0.2, 0.25) is 5.89 Å². The second-order valence-electron chi connectivity index (χ2n) is 6.70. The number of nitrogens with zero attached hydrogens (tertiary/aromatic N) is 3. The maximum Gasteiger partial charge on any atom is 0.511 e. The van der Waals surface area contributed by atoms with Gasteiger partial charge in [-0.05, 0) is 25.0 Å². The highest BCUT2D eigenvalue weighted by Crippen LogP contribution is 2.29. The lowest BCUT2D eigenvalue weighted by molar-refractivity contribution is -0.0494. The molecule has 1 fully saturated rings. The minimum atomic E-state index is -5.28. The lowest BCUT2D eigenvalue weighted by atomic mass is 10.1. The maximum atomic E-state index is 12.7. The summed E-state index contributed by atoms with van der Waals surface area (Å²) >= 11 is 0. The first-order valence-corrected chi connectivity index (χ1v) is 10.7. The highest BCUT2D eigenvalue weighted by atomic mass is 32.2. The standard InChI is InChI=1S/C18H22F3N5O3S/c1-22-17(23-11-15-12-29-16(24-15)13-5-3-2-4-6-13)25-14-7-9-26(10-8-14)30(27,28)18(19,20)21/h2-6,12,14H,7-11H2,1H3,(H2,22,23,25). The molecule has 2 N–H and O–H groups in total. The van der Waals surface area contributed by atoms with Crippen LogP contribution in [0.25, 0.3) is 11.5 Å². The van der Waals surface area contributed by atoms with Gasteiger partial charge in [0.1, 0.15) is 6.26 Å². The van der Waals surface area contributed by atoms with E-state index >= 15 is 0 Å². The third-order valence-electron chi connectivity index (χ3n) is 4.66. The van der Waals surface area contributed by atoms with Gasteiger partial charge in [0.25, 0.3) is 0 Å². The molecule has 1 aliphatic heterocycles. The predicted molar refractivity (Wildman–Crippen MR) is 105 cm³/mol. The Bertz CT molecular complexity index is 968. The van der Waals surface area contributed by atoms with Crippen molar-refractivity contribution in [1.29, 1.82) is 0 Å². The van der Waals surface area contributed by atoms with E-state index in [1.54, 1.807) is 7.05 Å². The van der Waals surface area contributed by atoms with Crippen LogP contribution in [0.15, 0.2) is 46.0 Å². The molecule has 164 valence electrons. The van der Waals surface area contributed by atoms with Gasteiger partial charge in [-0.2, -0.15) is 17.5 Å². The number of halogens is 3. The van der Waals surface area contributed by atoms with E-state index in [-0.39, 0.29) is 32.0 Å². The van der Waals surface area contributed by atoms with E-state index in [4.69, 9.17) is 4.42 Å². The van der Waals surface area contributed by atoms with Crippen molar-refractivity contribution < 1.29 is 26.0 Å². The Morgan fingerprint density at radius 1 is 1.27 bits per heavy atom. The van der Waals surface area contributed by atoms with Crippen molar-refractivity contribution in [2.24, 2.45) is 4.99 Å². The molecule has 2 aromatic rings. The summed E-state index contributed by atoms with van der Waals surface area (Å²) in [5.41, 5.74) is -3.77. The van der Waals surface area contributed by atoms with E-state index < -0.39 is 15.5 Å². The minimum absolute atomic E-state index is 0.201. The SMILES string of the molecule is CN=C(NCc1coc(-c2ccccc2)n1)NC1CCN(S(=O)(=O)C(F)(F)F)CC1. The fourth-order valence-electron chi connectivity index (χ4n) is 3.05. The molecule has 0 radical (unpaired) electrons. The molecule has 12 heteroatoms. The molecule has 1 saturated heterocycles. The van der Waals surface area contributed by atoms with Crippen LogP contribution in [-0.4, -0.2) is 55.4 Å². The highest BCUT2D eigenvalue weighted by Gasteiger charge is 2.50. The zero-order chi connectivity index (χ0) is 21.8. The Kier molecular flexibility index (Phi) is 6.66. The number of alkyl halides is 3. The Labute approximate surface area is 172 Å². The topological polar surface area (TPSA) is 99.8 Å². The molecule has 8 nitrogen and oxygen atoms in total. The van der Waals surface area contributed by atoms with Crippen LogP contribution in [0.2, 0.25) is 0 Å². The van der Waals surface area contributed by atoms with Gasteiger partial charge in [0.15, 0.2) is 5.96 Å². The van der Waals surface area contributed by atoms with Crippen molar-refractivity contribution in [3.05, 3.63) is 42.3 Å². The zero-order valence-electron chi connectivity index (χ0n) is 16.2.